The Bertz CT molecular complexity index is 1340. The fourth-order valence-electron chi connectivity index (χ4n) is 3.13. The van der Waals surface area contributed by atoms with Gasteiger partial charge < -0.3 is 10.6 Å². The molecule has 6 nitrogen and oxygen atoms in total. The number of rotatable bonds is 5. The number of hydrogen-bond donors (Lipinski definition) is 2. The number of nitrogens with one attached hydrogen (secondary N) is 2. The van der Waals surface area contributed by atoms with Crippen LogP contribution in [0.3, 0.4) is 0 Å². The van der Waals surface area contributed by atoms with E-state index >= 15 is 0 Å². The van der Waals surface area contributed by atoms with E-state index in [0.717, 1.165) is 4.90 Å². The first-order valence-electron chi connectivity index (χ1n) is 9.43. The number of para-hydroxylation sites is 1. The number of nitrogens with zero attached hydrogens (tertiary/aromatic N) is 1. The molecule has 0 spiro atoms. The van der Waals surface area contributed by atoms with Gasteiger partial charge in [0.2, 0.25) is 0 Å². The van der Waals surface area contributed by atoms with E-state index in [9.17, 15) is 18.8 Å². The third-order valence-corrected chi connectivity index (χ3v) is 5.58. The van der Waals surface area contributed by atoms with Gasteiger partial charge in [0.05, 0.1) is 16.4 Å². The van der Waals surface area contributed by atoms with E-state index in [1.807, 2.05) is 0 Å². The van der Waals surface area contributed by atoms with Crippen LogP contribution in [0.15, 0.2) is 77.5 Å². The highest BCUT2D eigenvalue weighted by Crippen LogP contribution is 2.35. The molecule has 0 atom stereocenters. The van der Waals surface area contributed by atoms with Gasteiger partial charge in [-0.1, -0.05) is 53.0 Å². The van der Waals surface area contributed by atoms with Crippen molar-refractivity contribution in [2.24, 2.45) is 0 Å². The minimum absolute atomic E-state index is 0.0265. The molecule has 166 valence electrons. The zero-order valence-corrected chi connectivity index (χ0v) is 18.8. The first-order valence-corrected chi connectivity index (χ1v) is 10.6. The molecular weight excluding hydrogens is 492 g/mol. The molecule has 1 aliphatic heterocycles. The Morgan fingerprint density at radius 3 is 2.36 bits per heavy atom. The van der Waals surface area contributed by atoms with Crippen LogP contribution in [0, 0.1) is 5.82 Å². The molecule has 4 rings (SSSR count). The molecule has 1 aliphatic rings. The van der Waals surface area contributed by atoms with Crippen molar-refractivity contribution in [3.05, 3.63) is 98.9 Å². The molecule has 2 N–H and O–H groups in total. The van der Waals surface area contributed by atoms with Crippen molar-refractivity contribution < 1.29 is 18.8 Å². The molecule has 3 aromatic rings. The van der Waals surface area contributed by atoms with Crippen molar-refractivity contribution in [1.29, 1.82) is 0 Å². The average Bonchev–Trinajstić information content (AvgIpc) is 2.99. The van der Waals surface area contributed by atoms with E-state index in [-0.39, 0.29) is 32.7 Å². The van der Waals surface area contributed by atoms with Crippen LogP contribution in [0.25, 0.3) is 0 Å². The lowest BCUT2D eigenvalue weighted by Gasteiger charge is -2.16. The second-order valence-electron chi connectivity index (χ2n) is 6.87. The standard InChI is InChI=1S/C23H13Cl3FN3O3/c24-13-8-9-18(15(25)11-13)30-22(32)19(26)20(23(30)33)28-14-5-3-4-12(10-14)21(31)29-17-7-2-1-6-16(17)27/h1-11,28H,(H,29,31). The van der Waals surface area contributed by atoms with E-state index in [1.54, 1.807) is 18.2 Å². The summed E-state index contributed by atoms with van der Waals surface area (Å²) in [5.74, 6) is -2.63. The number of imide groups is 1. The summed E-state index contributed by atoms with van der Waals surface area (Å²) in [6.07, 6.45) is 0. The molecule has 3 amide bonds. The van der Waals surface area contributed by atoms with Crippen LogP contribution in [0.1, 0.15) is 10.4 Å². The summed E-state index contributed by atoms with van der Waals surface area (Å²) in [5, 5.41) is 5.36. The van der Waals surface area contributed by atoms with Crippen molar-refractivity contribution in [2.75, 3.05) is 15.5 Å². The summed E-state index contributed by atoms with van der Waals surface area (Å²) in [6.45, 7) is 0. The van der Waals surface area contributed by atoms with Crippen LogP contribution < -0.4 is 15.5 Å². The maximum Gasteiger partial charge on any atom is 0.283 e. The zero-order chi connectivity index (χ0) is 23.7. The van der Waals surface area contributed by atoms with Gasteiger partial charge in [-0.25, -0.2) is 9.29 Å². The second-order valence-corrected chi connectivity index (χ2v) is 8.09. The largest absolute Gasteiger partial charge is 0.350 e. The second kappa shape index (κ2) is 9.23. The van der Waals surface area contributed by atoms with Gasteiger partial charge in [0.25, 0.3) is 17.7 Å². The third-order valence-electron chi connectivity index (χ3n) is 4.69. The number of carbonyl (C=O) groups is 3. The fraction of sp³-hybridized carbons (Fsp3) is 0. The smallest absolute Gasteiger partial charge is 0.283 e. The summed E-state index contributed by atoms with van der Waals surface area (Å²) < 4.78 is 13.8. The summed E-state index contributed by atoms with van der Waals surface area (Å²) in [7, 11) is 0. The Morgan fingerprint density at radius 2 is 1.64 bits per heavy atom. The highest BCUT2D eigenvalue weighted by atomic mass is 35.5. The van der Waals surface area contributed by atoms with Gasteiger partial charge in [-0.2, -0.15) is 0 Å². The molecule has 10 heteroatoms. The van der Waals surface area contributed by atoms with Gasteiger partial charge in [-0.3, -0.25) is 14.4 Å². The molecule has 0 bridgehead atoms. The van der Waals surface area contributed by atoms with Crippen LogP contribution >= 0.6 is 34.8 Å². The predicted molar refractivity (Wildman–Crippen MR) is 126 cm³/mol. The lowest BCUT2D eigenvalue weighted by atomic mass is 10.1. The number of anilines is 3. The Balaban J connectivity index is 1.56. The minimum Gasteiger partial charge on any atom is -0.350 e. The molecule has 0 radical (unpaired) electrons. The van der Waals surface area contributed by atoms with E-state index in [2.05, 4.69) is 10.6 Å². The highest BCUT2D eigenvalue weighted by Gasteiger charge is 2.39. The zero-order valence-electron chi connectivity index (χ0n) is 16.5. The van der Waals surface area contributed by atoms with Crippen molar-refractivity contribution in [1.82, 2.24) is 0 Å². The molecule has 0 unspecified atom stereocenters. The molecule has 0 saturated heterocycles. The topological polar surface area (TPSA) is 78.5 Å². The van der Waals surface area contributed by atoms with Crippen molar-refractivity contribution >= 4 is 69.6 Å². The Morgan fingerprint density at radius 1 is 0.879 bits per heavy atom. The summed E-state index contributed by atoms with van der Waals surface area (Å²) >= 11 is 18.2. The Hall–Kier alpha value is -3.39. The maximum atomic E-state index is 13.8. The predicted octanol–water partition coefficient (Wildman–Crippen LogP) is 5.82. The van der Waals surface area contributed by atoms with Gasteiger partial charge in [0.15, 0.2) is 0 Å². The summed E-state index contributed by atoms with van der Waals surface area (Å²) in [4.78, 5) is 39.0. The lowest BCUT2D eigenvalue weighted by Crippen LogP contribution is -2.32. The van der Waals surface area contributed by atoms with Gasteiger partial charge in [-0.05, 0) is 48.5 Å². The van der Waals surface area contributed by atoms with Crippen LogP contribution in [0.5, 0.6) is 0 Å². The maximum absolute atomic E-state index is 13.8. The molecule has 1 heterocycles. The van der Waals surface area contributed by atoms with Crippen LogP contribution in [0.2, 0.25) is 10.0 Å². The van der Waals surface area contributed by atoms with Gasteiger partial charge in [0.1, 0.15) is 16.5 Å². The highest BCUT2D eigenvalue weighted by molar-refractivity contribution is 6.54. The fourth-order valence-corrected chi connectivity index (χ4v) is 3.84. The lowest BCUT2D eigenvalue weighted by molar-refractivity contribution is -0.120. The number of amides is 3. The first-order chi connectivity index (χ1) is 15.8. The monoisotopic (exact) mass is 503 g/mol. The first kappa shape index (κ1) is 22.8. The van der Waals surface area contributed by atoms with Crippen LogP contribution in [-0.2, 0) is 9.59 Å². The van der Waals surface area contributed by atoms with Crippen LogP contribution in [0.4, 0.5) is 21.5 Å². The number of benzene rings is 3. The molecule has 0 fully saturated rings. The average molecular weight is 505 g/mol. The SMILES string of the molecule is O=C(Nc1ccccc1F)c1cccc(NC2=C(Cl)C(=O)N(c3ccc(Cl)cc3Cl)C2=O)c1. The van der Waals surface area contributed by atoms with Crippen LogP contribution in [-0.4, -0.2) is 17.7 Å². The van der Waals surface area contributed by atoms with Crippen molar-refractivity contribution in [3.63, 3.8) is 0 Å². The van der Waals surface area contributed by atoms with Crippen molar-refractivity contribution in [2.45, 2.75) is 0 Å². The van der Waals surface area contributed by atoms with E-state index in [1.165, 1.54) is 48.5 Å². The van der Waals surface area contributed by atoms with E-state index in [0.29, 0.717) is 10.7 Å². The summed E-state index contributed by atoms with van der Waals surface area (Å²) in [5.41, 5.74) is 0.478. The molecule has 0 aromatic heterocycles. The number of carbonyl (C=O) groups excluding carboxylic acids is 3. The summed E-state index contributed by atoms with van der Waals surface area (Å²) in [6, 6.07) is 16.1. The Labute approximate surface area is 202 Å². The molecule has 33 heavy (non-hydrogen) atoms. The van der Waals surface area contributed by atoms with Gasteiger partial charge in [0, 0.05) is 16.3 Å². The number of hydrogen-bond acceptors (Lipinski definition) is 4. The van der Waals surface area contributed by atoms with Gasteiger partial charge >= 0.3 is 0 Å². The van der Waals surface area contributed by atoms with E-state index < -0.39 is 23.5 Å². The van der Waals surface area contributed by atoms with E-state index in [4.69, 9.17) is 34.8 Å². The molecule has 0 aliphatic carbocycles. The number of halogens is 4. The third kappa shape index (κ3) is 4.57. The normalized spacial score (nSPS) is 13.5. The molecule has 0 saturated carbocycles. The Kier molecular flexibility index (Phi) is 6.37. The van der Waals surface area contributed by atoms with Gasteiger partial charge in [-0.15, -0.1) is 0 Å². The molecule has 3 aromatic carbocycles. The minimum atomic E-state index is -0.762. The van der Waals surface area contributed by atoms with Crippen molar-refractivity contribution in [3.8, 4) is 0 Å². The molecular formula is C23H13Cl3FN3O3. The quantitative estimate of drug-likeness (QED) is 0.429.